The highest BCUT2D eigenvalue weighted by Gasteiger charge is 2.28. The minimum absolute atomic E-state index is 0.160. The van der Waals surface area contributed by atoms with E-state index >= 15 is 0 Å². The van der Waals surface area contributed by atoms with Crippen LogP contribution in [0.2, 0.25) is 0 Å². The predicted octanol–water partition coefficient (Wildman–Crippen LogP) is 5.02. The first-order valence-corrected chi connectivity index (χ1v) is 14.8. The van der Waals surface area contributed by atoms with Gasteiger partial charge in [0.25, 0.3) is 0 Å². The van der Waals surface area contributed by atoms with E-state index in [1.54, 1.807) is 12.1 Å². The fourth-order valence-corrected chi connectivity index (χ4v) is 7.17. The Morgan fingerprint density at radius 3 is 2.12 bits per heavy atom. The zero-order valence-corrected chi connectivity index (χ0v) is 22.5. The van der Waals surface area contributed by atoms with Gasteiger partial charge in [-0.2, -0.15) is 0 Å². The highest BCUT2D eigenvalue weighted by molar-refractivity contribution is 7.89. The number of quaternary nitrogens is 1. The van der Waals surface area contributed by atoms with Gasteiger partial charge in [-0.1, -0.05) is 36.4 Å². The van der Waals surface area contributed by atoms with Crippen molar-refractivity contribution in [2.24, 2.45) is 0 Å². The van der Waals surface area contributed by atoms with Gasteiger partial charge in [0, 0.05) is 24.8 Å². The lowest BCUT2D eigenvalue weighted by Crippen LogP contribution is -2.42. The van der Waals surface area contributed by atoms with Crippen LogP contribution in [0.3, 0.4) is 0 Å². The fraction of sp³-hybridized carbons (Fsp3) is 0.583. The van der Waals surface area contributed by atoms with Gasteiger partial charge in [-0.25, -0.2) is 13.1 Å². The Balaban J connectivity index is 1.86. The molecule has 0 spiro atoms. The maximum Gasteiger partial charge on any atom is 0.331 e. The molecule has 7 nitrogen and oxygen atoms in total. The maximum absolute atomic E-state index is 13.0. The summed E-state index contributed by atoms with van der Waals surface area (Å²) in [5, 5.41) is 1.62. The molecule has 9 heteroatoms. The van der Waals surface area contributed by atoms with Crippen LogP contribution in [-0.4, -0.2) is 65.0 Å². The van der Waals surface area contributed by atoms with Crippen LogP contribution in [0, 0.1) is 0 Å². The van der Waals surface area contributed by atoms with Gasteiger partial charge in [0.05, 0.1) is 50.5 Å². The molecular weight excluding hydrogens is 459 g/mol. The lowest BCUT2D eigenvalue weighted by Gasteiger charge is -2.31. The van der Waals surface area contributed by atoms with Crippen LogP contribution >= 0.6 is 7.60 Å². The Hall–Kier alpha value is -1.28. The zero-order chi connectivity index (χ0) is 24.7. The van der Waals surface area contributed by atoms with E-state index in [0.717, 1.165) is 23.9 Å². The summed E-state index contributed by atoms with van der Waals surface area (Å²) in [6.07, 6.45) is 1.45. The van der Waals surface area contributed by atoms with Crippen LogP contribution in [-0.2, 0) is 23.6 Å². The van der Waals surface area contributed by atoms with E-state index in [0.29, 0.717) is 34.9 Å². The van der Waals surface area contributed by atoms with Crippen LogP contribution in [0.25, 0.3) is 10.8 Å². The van der Waals surface area contributed by atoms with Crippen molar-refractivity contribution < 1.29 is 26.5 Å². The second-order valence-corrected chi connectivity index (χ2v) is 13.4. The van der Waals surface area contributed by atoms with Gasteiger partial charge in [0.2, 0.25) is 10.0 Å². The summed E-state index contributed by atoms with van der Waals surface area (Å²) in [7, 11) is -2.53. The van der Waals surface area contributed by atoms with Gasteiger partial charge in [-0.05, 0) is 39.1 Å². The van der Waals surface area contributed by atoms with E-state index in [4.69, 9.17) is 9.05 Å². The molecule has 0 bridgehead atoms. The molecule has 0 atom stereocenters. The van der Waals surface area contributed by atoms with Crippen molar-refractivity contribution in [1.82, 2.24) is 4.72 Å². The van der Waals surface area contributed by atoms with E-state index in [1.165, 1.54) is 0 Å². The number of nitrogens with one attached hydrogen (secondary N) is 1. The monoisotopic (exact) mass is 499 g/mol. The highest BCUT2D eigenvalue weighted by Crippen LogP contribution is 2.51. The molecule has 0 unspecified atom stereocenters. The van der Waals surface area contributed by atoms with Crippen LogP contribution in [0.15, 0.2) is 47.4 Å². The first-order chi connectivity index (χ1) is 15.3. The first-order valence-electron chi connectivity index (χ1n) is 11.6. The molecule has 2 rings (SSSR count). The van der Waals surface area contributed by atoms with Crippen molar-refractivity contribution in [2.45, 2.75) is 57.6 Å². The van der Waals surface area contributed by atoms with Gasteiger partial charge in [-0.15, -0.1) is 0 Å². The minimum atomic E-state index is -3.59. The summed E-state index contributed by atoms with van der Waals surface area (Å²) in [4.78, 5) is 0.306. The molecule has 0 aromatic heterocycles. The smallest absolute Gasteiger partial charge is 0.328 e. The average Bonchev–Trinajstić information content (AvgIpc) is 2.69. The van der Waals surface area contributed by atoms with Gasteiger partial charge < -0.3 is 13.5 Å². The Kier molecular flexibility index (Phi) is 10.1. The van der Waals surface area contributed by atoms with Crippen molar-refractivity contribution in [3.63, 3.8) is 0 Å². The van der Waals surface area contributed by atoms with Crippen molar-refractivity contribution in [3.8, 4) is 0 Å². The molecule has 0 heterocycles. The Labute approximate surface area is 199 Å². The molecule has 1 N–H and O–H groups in total. The summed E-state index contributed by atoms with van der Waals surface area (Å²) < 4.78 is 53.4. The summed E-state index contributed by atoms with van der Waals surface area (Å²) in [6, 6.07) is 12.8. The molecular formula is C24H40N2O5PS+. The molecule has 186 valence electrons. The normalized spacial score (nSPS) is 13.3. The summed E-state index contributed by atoms with van der Waals surface area (Å²) >= 11 is 0. The first kappa shape index (κ1) is 28.0. The number of hydrogen-bond donors (Lipinski definition) is 1. The fourth-order valence-electron chi connectivity index (χ4n) is 3.80. The molecule has 0 aliphatic carbocycles. The lowest BCUT2D eigenvalue weighted by molar-refractivity contribution is -0.890. The quantitative estimate of drug-likeness (QED) is 0.224. The van der Waals surface area contributed by atoms with Crippen molar-refractivity contribution >= 4 is 28.4 Å². The average molecular weight is 500 g/mol. The third-order valence-electron chi connectivity index (χ3n) is 5.21. The second kappa shape index (κ2) is 11.9. The van der Waals surface area contributed by atoms with Crippen molar-refractivity contribution in [1.29, 1.82) is 0 Å². The second-order valence-electron chi connectivity index (χ2n) is 9.61. The Morgan fingerprint density at radius 1 is 0.909 bits per heavy atom. The molecule has 0 amide bonds. The molecule has 0 radical (unpaired) electrons. The number of sulfonamides is 1. The van der Waals surface area contributed by atoms with Crippen LogP contribution in [0.5, 0.6) is 0 Å². The van der Waals surface area contributed by atoms with Crippen LogP contribution in [0.1, 0.15) is 40.5 Å². The summed E-state index contributed by atoms with van der Waals surface area (Å²) in [5.74, 6) is 0. The maximum atomic E-state index is 13.0. The van der Waals surface area contributed by atoms with E-state index in [-0.39, 0.29) is 12.2 Å². The highest BCUT2D eigenvalue weighted by atomic mass is 32.2. The standard InChI is InChI=1S/C24H40N2O5PS/c1-20(2)30-32(27,31-21(3)4)19-11-18-26(5,6)17-10-16-25-33(28,29)24-15-9-13-22-12-7-8-14-23(22)24/h7-9,12-15,20-21,25H,10-11,16-19H2,1-6H3/q+1. The van der Waals surface area contributed by atoms with Gasteiger partial charge in [0.1, 0.15) is 0 Å². The van der Waals surface area contributed by atoms with Gasteiger partial charge in [0.15, 0.2) is 0 Å². The lowest BCUT2D eigenvalue weighted by atomic mass is 10.1. The molecule has 2 aromatic carbocycles. The number of hydrogen-bond acceptors (Lipinski definition) is 5. The minimum Gasteiger partial charge on any atom is -0.328 e. The largest absolute Gasteiger partial charge is 0.331 e. The van der Waals surface area contributed by atoms with Crippen LogP contribution < -0.4 is 4.72 Å². The third kappa shape index (κ3) is 9.12. The summed E-state index contributed by atoms with van der Waals surface area (Å²) in [6.45, 7) is 9.37. The van der Waals surface area contributed by atoms with E-state index in [2.05, 4.69) is 18.8 Å². The number of nitrogens with zero attached hydrogens (tertiary/aromatic N) is 1. The third-order valence-corrected chi connectivity index (χ3v) is 9.08. The predicted molar refractivity (Wildman–Crippen MR) is 135 cm³/mol. The van der Waals surface area contributed by atoms with Crippen LogP contribution in [0.4, 0.5) is 0 Å². The Bertz CT molecular complexity index is 1030. The SMILES string of the molecule is CC(C)OP(=O)(CCC[N+](C)(C)CCCNS(=O)(=O)c1cccc2ccccc12)OC(C)C. The van der Waals surface area contributed by atoms with E-state index < -0.39 is 17.6 Å². The summed E-state index contributed by atoms with van der Waals surface area (Å²) in [5.41, 5.74) is 0. The van der Waals surface area contributed by atoms with Crippen molar-refractivity contribution in [2.75, 3.05) is 39.9 Å². The molecule has 0 saturated heterocycles. The van der Waals surface area contributed by atoms with Crippen molar-refractivity contribution in [3.05, 3.63) is 42.5 Å². The number of rotatable bonds is 14. The van der Waals surface area contributed by atoms with Gasteiger partial charge >= 0.3 is 7.60 Å². The van der Waals surface area contributed by atoms with Gasteiger partial charge in [-0.3, -0.25) is 4.57 Å². The Morgan fingerprint density at radius 2 is 1.48 bits per heavy atom. The molecule has 2 aromatic rings. The topological polar surface area (TPSA) is 81.7 Å². The molecule has 0 aliphatic heterocycles. The molecule has 0 aliphatic rings. The van der Waals surface area contributed by atoms with E-state index in [9.17, 15) is 13.0 Å². The number of fused-ring (bicyclic) bond motifs is 1. The molecule has 0 saturated carbocycles. The molecule has 33 heavy (non-hydrogen) atoms. The zero-order valence-electron chi connectivity index (χ0n) is 20.8. The number of benzene rings is 2. The van der Waals surface area contributed by atoms with E-state index in [1.807, 2.05) is 58.0 Å². The molecule has 0 fully saturated rings.